The lowest BCUT2D eigenvalue weighted by molar-refractivity contribution is -0.384. The number of nitrogens with zero attached hydrogens (tertiary/aromatic N) is 2. The van der Waals surface area contributed by atoms with Crippen molar-refractivity contribution in [1.29, 1.82) is 0 Å². The number of hydrogen-bond donors (Lipinski definition) is 0. The Balaban J connectivity index is 1.30. The van der Waals surface area contributed by atoms with Crippen LogP contribution in [0, 0.1) is 10.1 Å². The van der Waals surface area contributed by atoms with Crippen molar-refractivity contribution in [2.45, 2.75) is 56.8 Å². The molecular formula is C24H25BrN2O6. The van der Waals surface area contributed by atoms with Gasteiger partial charge in [-0.05, 0) is 62.4 Å². The predicted molar refractivity (Wildman–Crippen MR) is 124 cm³/mol. The van der Waals surface area contributed by atoms with Gasteiger partial charge in [0.1, 0.15) is 11.7 Å². The van der Waals surface area contributed by atoms with E-state index in [1.54, 1.807) is 4.90 Å². The normalized spacial score (nSPS) is 23.6. The Labute approximate surface area is 200 Å². The Morgan fingerprint density at radius 2 is 1.79 bits per heavy atom. The molecule has 1 aliphatic heterocycles. The van der Waals surface area contributed by atoms with Gasteiger partial charge in [0, 0.05) is 29.6 Å². The van der Waals surface area contributed by atoms with E-state index in [0.29, 0.717) is 32.2 Å². The van der Waals surface area contributed by atoms with Gasteiger partial charge in [-0.3, -0.25) is 10.1 Å². The lowest BCUT2D eigenvalue weighted by Gasteiger charge is -2.46. The van der Waals surface area contributed by atoms with Gasteiger partial charge in [-0.15, -0.1) is 0 Å². The van der Waals surface area contributed by atoms with Crippen LogP contribution in [0.4, 0.5) is 10.5 Å². The van der Waals surface area contributed by atoms with Crippen LogP contribution in [-0.4, -0.2) is 40.1 Å². The smallest absolute Gasteiger partial charge is 0.410 e. The zero-order valence-corrected chi connectivity index (χ0v) is 19.8. The molecule has 1 atom stereocenters. The van der Waals surface area contributed by atoms with Crippen molar-refractivity contribution in [1.82, 2.24) is 4.90 Å². The second kappa shape index (κ2) is 9.51. The molecule has 2 aromatic rings. The molecular weight excluding hydrogens is 492 g/mol. The van der Waals surface area contributed by atoms with Crippen LogP contribution in [0.3, 0.4) is 0 Å². The van der Waals surface area contributed by atoms with Crippen LogP contribution in [0.5, 0.6) is 0 Å². The summed E-state index contributed by atoms with van der Waals surface area (Å²) in [5.74, 6) is -0.499. The molecule has 0 N–H and O–H groups in total. The number of carbonyl (C=O) groups excluding carboxylic acids is 2. The van der Waals surface area contributed by atoms with E-state index >= 15 is 0 Å². The van der Waals surface area contributed by atoms with E-state index in [4.69, 9.17) is 9.47 Å². The van der Waals surface area contributed by atoms with Gasteiger partial charge in [0.2, 0.25) is 0 Å². The maximum absolute atomic E-state index is 12.8. The predicted octanol–water partition coefficient (Wildman–Crippen LogP) is 5.80. The minimum Gasteiger partial charge on any atom is -0.459 e. The highest BCUT2D eigenvalue weighted by Gasteiger charge is 2.45. The van der Waals surface area contributed by atoms with Crippen molar-refractivity contribution in [3.05, 3.63) is 74.2 Å². The van der Waals surface area contributed by atoms with Gasteiger partial charge in [0.05, 0.1) is 16.5 Å². The molecule has 1 heterocycles. The number of ether oxygens (including phenoxy) is 2. The highest BCUT2D eigenvalue weighted by Crippen LogP contribution is 2.40. The van der Waals surface area contributed by atoms with E-state index in [-0.39, 0.29) is 29.5 Å². The maximum atomic E-state index is 12.8. The molecule has 1 aliphatic carbocycles. The molecule has 33 heavy (non-hydrogen) atoms. The number of hydrogen-bond acceptors (Lipinski definition) is 6. The quantitative estimate of drug-likeness (QED) is 0.283. The van der Waals surface area contributed by atoms with Crippen LogP contribution in [0.15, 0.2) is 53.0 Å². The van der Waals surface area contributed by atoms with Crippen molar-refractivity contribution < 1.29 is 24.0 Å². The van der Waals surface area contributed by atoms with Gasteiger partial charge in [0.25, 0.3) is 5.69 Å². The van der Waals surface area contributed by atoms with Crippen molar-refractivity contribution >= 4 is 33.7 Å². The fourth-order valence-electron chi connectivity index (χ4n) is 4.51. The SMILES string of the molecule is C[C@@H](c1ccc(Br)cc1)N1CC[C@]2(CC[C@@H](OC(=O)c3ccc([N+](=O)[O-])cc3)CC2)OC1=O. The van der Waals surface area contributed by atoms with Gasteiger partial charge >= 0.3 is 12.1 Å². The number of carbonyl (C=O) groups is 2. The summed E-state index contributed by atoms with van der Waals surface area (Å²) in [7, 11) is 0. The van der Waals surface area contributed by atoms with Crippen molar-refractivity contribution in [3.8, 4) is 0 Å². The summed E-state index contributed by atoms with van der Waals surface area (Å²) < 4.78 is 12.5. The zero-order chi connectivity index (χ0) is 23.6. The molecule has 2 fully saturated rings. The van der Waals surface area contributed by atoms with Crippen molar-refractivity contribution in [3.63, 3.8) is 0 Å². The van der Waals surface area contributed by atoms with E-state index in [9.17, 15) is 19.7 Å². The maximum Gasteiger partial charge on any atom is 0.410 e. The third kappa shape index (κ3) is 5.19. The summed E-state index contributed by atoms with van der Waals surface area (Å²) in [5, 5.41) is 10.8. The molecule has 4 rings (SSSR count). The topological polar surface area (TPSA) is 99.0 Å². The Bertz CT molecular complexity index is 1030. The average molecular weight is 517 g/mol. The van der Waals surface area contributed by atoms with Gasteiger partial charge in [0.15, 0.2) is 0 Å². The fraction of sp³-hybridized carbons (Fsp3) is 0.417. The van der Waals surface area contributed by atoms with E-state index in [2.05, 4.69) is 15.9 Å². The Morgan fingerprint density at radius 1 is 1.15 bits per heavy atom. The molecule has 0 bridgehead atoms. The molecule has 0 aromatic heterocycles. The van der Waals surface area contributed by atoms with Crippen LogP contribution in [0.25, 0.3) is 0 Å². The largest absolute Gasteiger partial charge is 0.459 e. The van der Waals surface area contributed by atoms with Gasteiger partial charge in [-0.2, -0.15) is 0 Å². The lowest BCUT2D eigenvalue weighted by Crippen LogP contribution is -2.52. The average Bonchev–Trinajstić information content (AvgIpc) is 2.81. The van der Waals surface area contributed by atoms with Crippen LogP contribution < -0.4 is 0 Å². The van der Waals surface area contributed by atoms with E-state index in [0.717, 1.165) is 16.5 Å². The first-order chi connectivity index (χ1) is 15.8. The molecule has 9 heteroatoms. The highest BCUT2D eigenvalue weighted by molar-refractivity contribution is 9.10. The number of nitro groups is 1. The third-order valence-corrected chi connectivity index (χ3v) is 7.13. The number of benzene rings is 2. The molecule has 174 valence electrons. The monoisotopic (exact) mass is 516 g/mol. The summed E-state index contributed by atoms with van der Waals surface area (Å²) in [5.41, 5.74) is 0.743. The Hall–Kier alpha value is -2.94. The minimum absolute atomic E-state index is 0.0752. The number of halogens is 1. The first kappa shape index (κ1) is 23.2. The highest BCUT2D eigenvalue weighted by atomic mass is 79.9. The summed E-state index contributed by atoms with van der Waals surface area (Å²) in [6.45, 7) is 2.61. The number of rotatable bonds is 5. The minimum atomic E-state index is -0.512. The molecule has 1 amide bonds. The molecule has 8 nitrogen and oxygen atoms in total. The van der Waals surface area contributed by atoms with Gasteiger partial charge < -0.3 is 14.4 Å². The summed E-state index contributed by atoms with van der Waals surface area (Å²) in [4.78, 5) is 37.2. The lowest BCUT2D eigenvalue weighted by atomic mass is 9.80. The summed E-state index contributed by atoms with van der Waals surface area (Å²) in [6.07, 6.45) is 2.65. The van der Waals surface area contributed by atoms with E-state index < -0.39 is 16.5 Å². The Morgan fingerprint density at radius 3 is 2.36 bits per heavy atom. The number of nitro benzene ring substituents is 1. The second-order valence-corrected chi connectivity index (χ2v) is 9.55. The van der Waals surface area contributed by atoms with Crippen LogP contribution in [0.1, 0.15) is 61.0 Å². The first-order valence-electron chi connectivity index (χ1n) is 11.0. The van der Waals surface area contributed by atoms with Crippen molar-refractivity contribution in [2.75, 3.05) is 6.54 Å². The standard InChI is InChI=1S/C24H25BrN2O6/c1-16(17-2-6-19(25)7-3-17)26-15-14-24(33-23(26)29)12-10-21(11-13-24)32-22(28)18-4-8-20(9-5-18)27(30)31/h2-9,16,21H,10-15H2,1H3/t16-,21-,24-/m0/s1. The molecule has 1 saturated heterocycles. The molecule has 2 aromatic carbocycles. The van der Waals surface area contributed by atoms with Crippen LogP contribution in [0.2, 0.25) is 0 Å². The van der Waals surface area contributed by atoms with E-state index in [1.165, 1.54) is 24.3 Å². The number of non-ortho nitro benzene ring substituents is 1. The zero-order valence-electron chi connectivity index (χ0n) is 18.2. The van der Waals surface area contributed by atoms with Crippen LogP contribution in [-0.2, 0) is 9.47 Å². The molecule has 2 aliphatic rings. The first-order valence-corrected chi connectivity index (χ1v) is 11.8. The fourth-order valence-corrected chi connectivity index (χ4v) is 4.77. The number of esters is 1. The number of amides is 1. The molecule has 1 saturated carbocycles. The van der Waals surface area contributed by atoms with Crippen molar-refractivity contribution in [2.24, 2.45) is 0 Å². The molecule has 0 unspecified atom stereocenters. The van der Waals surface area contributed by atoms with Gasteiger partial charge in [-0.25, -0.2) is 9.59 Å². The third-order valence-electron chi connectivity index (χ3n) is 6.60. The Kier molecular flexibility index (Phi) is 6.69. The summed E-state index contributed by atoms with van der Waals surface area (Å²) in [6, 6.07) is 13.2. The molecule has 0 radical (unpaired) electrons. The molecule has 1 spiro atoms. The summed E-state index contributed by atoms with van der Waals surface area (Å²) >= 11 is 3.43. The van der Waals surface area contributed by atoms with Crippen LogP contribution >= 0.6 is 15.9 Å². The second-order valence-electron chi connectivity index (χ2n) is 8.63. The van der Waals surface area contributed by atoms with E-state index in [1.807, 2.05) is 31.2 Å². The van der Waals surface area contributed by atoms with Gasteiger partial charge in [-0.1, -0.05) is 28.1 Å².